The molecule has 32 heavy (non-hydrogen) atoms. The summed E-state index contributed by atoms with van der Waals surface area (Å²) in [6.45, 7) is 1.88. The Bertz CT molecular complexity index is 1090. The Morgan fingerprint density at radius 2 is 1.75 bits per heavy atom. The topological polar surface area (TPSA) is 67.4 Å². The van der Waals surface area contributed by atoms with Crippen molar-refractivity contribution < 1.29 is 18.7 Å². The Kier molecular flexibility index (Phi) is 8.00. The minimum atomic E-state index is -1.97. The van der Waals surface area contributed by atoms with Crippen LogP contribution in [0, 0.1) is 5.82 Å². The molecular weight excluding hydrogens is 498 g/mol. The van der Waals surface area contributed by atoms with Crippen LogP contribution in [0.25, 0.3) is 11.1 Å². The van der Waals surface area contributed by atoms with Crippen molar-refractivity contribution in [2.75, 3.05) is 11.9 Å². The van der Waals surface area contributed by atoms with Crippen molar-refractivity contribution in [2.24, 2.45) is 0 Å². The first-order chi connectivity index (χ1) is 15.2. The molecular formula is C22H18Cl3FN2O3S. The molecule has 3 rings (SSSR count). The molecule has 2 N–H and O–H groups in total. The van der Waals surface area contributed by atoms with E-state index in [0.717, 1.165) is 17.7 Å². The van der Waals surface area contributed by atoms with Crippen LogP contribution >= 0.6 is 46.1 Å². The lowest BCUT2D eigenvalue weighted by Gasteiger charge is -2.27. The first-order valence-corrected chi connectivity index (χ1v) is 11.5. The summed E-state index contributed by atoms with van der Waals surface area (Å²) in [5.74, 6) is -1.63. The molecule has 1 atom stereocenters. The number of halogens is 4. The van der Waals surface area contributed by atoms with Crippen LogP contribution in [0.4, 0.5) is 9.39 Å². The second-order valence-electron chi connectivity index (χ2n) is 6.54. The number of benzene rings is 2. The fraction of sp³-hybridized carbons (Fsp3) is 0.182. The molecule has 0 aliphatic carbocycles. The van der Waals surface area contributed by atoms with E-state index in [2.05, 4.69) is 10.6 Å². The molecule has 0 aliphatic heterocycles. The zero-order chi connectivity index (χ0) is 23.3. The maximum atomic E-state index is 13.2. The normalized spacial score (nSPS) is 12.2. The van der Waals surface area contributed by atoms with Gasteiger partial charge in [-0.05, 0) is 36.8 Å². The minimum Gasteiger partial charge on any atom is -0.462 e. The highest BCUT2D eigenvalue weighted by molar-refractivity contribution is 7.15. The van der Waals surface area contributed by atoms with E-state index in [4.69, 9.17) is 39.5 Å². The molecule has 0 bridgehead atoms. The predicted molar refractivity (Wildman–Crippen MR) is 127 cm³/mol. The quantitative estimate of drug-likeness (QED) is 0.221. The number of nitrogens with one attached hydrogen (secondary N) is 2. The van der Waals surface area contributed by atoms with Gasteiger partial charge in [0.05, 0.1) is 6.61 Å². The standard InChI is InChI=1S/C22H18Cl3FN2O3S/c1-2-31-20(30)17-16(13-6-4-3-5-7-13)12-32-19(17)28-21(22(23,24)25)27-18(29)14-8-10-15(26)11-9-14/h3-12,21,28H,2H2,1H3,(H,27,29). The molecule has 1 amide bonds. The number of carbonyl (C=O) groups is 2. The number of rotatable bonds is 7. The average molecular weight is 516 g/mol. The molecule has 3 aromatic rings. The van der Waals surface area contributed by atoms with Crippen LogP contribution in [-0.4, -0.2) is 28.4 Å². The lowest BCUT2D eigenvalue weighted by Crippen LogP contribution is -2.49. The predicted octanol–water partition coefficient (Wildman–Crippen LogP) is 6.27. The summed E-state index contributed by atoms with van der Waals surface area (Å²) in [7, 11) is 0. The Balaban J connectivity index is 1.94. The van der Waals surface area contributed by atoms with E-state index in [-0.39, 0.29) is 17.7 Å². The fourth-order valence-electron chi connectivity index (χ4n) is 2.85. The van der Waals surface area contributed by atoms with Crippen LogP contribution in [0.3, 0.4) is 0 Å². The molecule has 168 valence electrons. The van der Waals surface area contributed by atoms with Gasteiger partial charge in [0.15, 0.2) is 0 Å². The van der Waals surface area contributed by atoms with Crippen molar-refractivity contribution in [1.82, 2.24) is 5.32 Å². The SMILES string of the molecule is CCOC(=O)c1c(-c2ccccc2)csc1NC(NC(=O)c1ccc(F)cc1)C(Cl)(Cl)Cl. The highest BCUT2D eigenvalue weighted by Crippen LogP contribution is 2.39. The van der Waals surface area contributed by atoms with Crippen LogP contribution in [-0.2, 0) is 4.74 Å². The lowest BCUT2D eigenvalue weighted by molar-refractivity contribution is 0.0529. The number of ether oxygens (including phenoxy) is 1. The van der Waals surface area contributed by atoms with Crippen molar-refractivity contribution in [3.63, 3.8) is 0 Å². The maximum absolute atomic E-state index is 13.2. The van der Waals surface area contributed by atoms with Gasteiger partial charge in [0.2, 0.25) is 3.79 Å². The van der Waals surface area contributed by atoms with Gasteiger partial charge in [-0.2, -0.15) is 0 Å². The second kappa shape index (κ2) is 10.5. The summed E-state index contributed by atoms with van der Waals surface area (Å²) < 4.78 is 16.4. The van der Waals surface area contributed by atoms with E-state index in [0.29, 0.717) is 10.6 Å². The summed E-state index contributed by atoms with van der Waals surface area (Å²) in [6.07, 6.45) is -1.21. The summed E-state index contributed by atoms with van der Waals surface area (Å²) in [5, 5.41) is 7.66. The van der Waals surface area contributed by atoms with E-state index < -0.39 is 27.7 Å². The van der Waals surface area contributed by atoms with Gasteiger partial charge in [-0.3, -0.25) is 4.79 Å². The monoisotopic (exact) mass is 514 g/mol. The molecule has 0 spiro atoms. The summed E-state index contributed by atoms with van der Waals surface area (Å²) in [6, 6.07) is 14.2. The molecule has 1 aromatic heterocycles. The molecule has 0 fully saturated rings. The van der Waals surface area contributed by atoms with Crippen LogP contribution in [0.15, 0.2) is 60.0 Å². The number of esters is 1. The number of carbonyl (C=O) groups excluding carboxylic acids is 2. The molecule has 1 heterocycles. The molecule has 0 aliphatic rings. The van der Waals surface area contributed by atoms with E-state index in [1.807, 2.05) is 30.3 Å². The smallest absolute Gasteiger partial charge is 0.341 e. The molecule has 10 heteroatoms. The Labute approximate surface area is 203 Å². The van der Waals surface area contributed by atoms with E-state index in [1.54, 1.807) is 12.3 Å². The van der Waals surface area contributed by atoms with E-state index in [1.165, 1.54) is 23.5 Å². The minimum absolute atomic E-state index is 0.175. The van der Waals surface area contributed by atoms with Gasteiger partial charge < -0.3 is 15.4 Å². The highest BCUT2D eigenvalue weighted by Gasteiger charge is 2.36. The number of alkyl halides is 3. The summed E-state index contributed by atoms with van der Waals surface area (Å²) in [5.41, 5.74) is 1.89. The Hall–Kier alpha value is -2.32. The van der Waals surface area contributed by atoms with Gasteiger partial charge in [0.1, 0.15) is 22.5 Å². The average Bonchev–Trinajstić information content (AvgIpc) is 3.17. The third-order valence-corrected chi connectivity index (χ3v) is 5.91. The first-order valence-electron chi connectivity index (χ1n) is 9.44. The van der Waals surface area contributed by atoms with Crippen LogP contribution in [0.1, 0.15) is 27.6 Å². The van der Waals surface area contributed by atoms with Gasteiger partial charge in [-0.15, -0.1) is 11.3 Å². The van der Waals surface area contributed by atoms with Crippen molar-refractivity contribution >= 4 is 63.0 Å². The largest absolute Gasteiger partial charge is 0.462 e. The van der Waals surface area contributed by atoms with Crippen LogP contribution in [0.2, 0.25) is 0 Å². The Morgan fingerprint density at radius 1 is 1.09 bits per heavy atom. The molecule has 0 radical (unpaired) electrons. The first kappa shape index (κ1) is 24.3. The van der Waals surface area contributed by atoms with Gasteiger partial charge >= 0.3 is 5.97 Å². The van der Waals surface area contributed by atoms with Crippen LogP contribution in [0.5, 0.6) is 0 Å². The van der Waals surface area contributed by atoms with Gasteiger partial charge in [0, 0.05) is 16.5 Å². The highest BCUT2D eigenvalue weighted by atomic mass is 35.6. The zero-order valence-corrected chi connectivity index (χ0v) is 19.8. The number of anilines is 1. The second-order valence-corrected chi connectivity index (χ2v) is 9.79. The lowest BCUT2D eigenvalue weighted by atomic mass is 10.0. The number of hydrogen-bond acceptors (Lipinski definition) is 5. The molecule has 0 saturated heterocycles. The summed E-state index contributed by atoms with van der Waals surface area (Å²) >= 11 is 19.5. The molecule has 0 saturated carbocycles. The maximum Gasteiger partial charge on any atom is 0.341 e. The van der Waals surface area contributed by atoms with E-state index >= 15 is 0 Å². The fourth-order valence-corrected chi connectivity index (χ4v) is 4.16. The van der Waals surface area contributed by atoms with Crippen molar-refractivity contribution in [2.45, 2.75) is 16.9 Å². The van der Waals surface area contributed by atoms with Crippen LogP contribution < -0.4 is 10.6 Å². The number of hydrogen-bond donors (Lipinski definition) is 2. The number of thiophene rings is 1. The van der Waals surface area contributed by atoms with Crippen molar-refractivity contribution in [3.05, 3.63) is 76.9 Å². The third kappa shape index (κ3) is 5.92. The van der Waals surface area contributed by atoms with Gasteiger partial charge in [-0.25, -0.2) is 9.18 Å². The van der Waals surface area contributed by atoms with Gasteiger partial charge in [0.25, 0.3) is 5.91 Å². The van der Waals surface area contributed by atoms with Crippen molar-refractivity contribution in [3.8, 4) is 11.1 Å². The molecule has 2 aromatic carbocycles. The van der Waals surface area contributed by atoms with E-state index in [9.17, 15) is 14.0 Å². The van der Waals surface area contributed by atoms with Crippen molar-refractivity contribution in [1.29, 1.82) is 0 Å². The molecule has 1 unspecified atom stereocenters. The molecule has 5 nitrogen and oxygen atoms in total. The third-order valence-electron chi connectivity index (χ3n) is 4.34. The zero-order valence-electron chi connectivity index (χ0n) is 16.7. The van der Waals surface area contributed by atoms with Gasteiger partial charge in [-0.1, -0.05) is 65.1 Å². The summed E-state index contributed by atoms with van der Waals surface area (Å²) in [4.78, 5) is 25.4. The number of amides is 1. The Morgan fingerprint density at radius 3 is 2.34 bits per heavy atom.